The molecule has 4 nitrogen and oxygen atoms in total. The average molecular weight is 710 g/mol. The molecular weight excluding hydrogens is 679 g/mol. The van der Waals surface area contributed by atoms with Crippen LogP contribution in [0.15, 0.2) is 162 Å². The lowest BCUT2D eigenvalue weighted by molar-refractivity contribution is 0.596. The first-order valence-corrected chi connectivity index (χ1v) is 19.1. The number of furan rings is 1. The van der Waals surface area contributed by atoms with Crippen molar-refractivity contribution in [2.24, 2.45) is 0 Å². The average Bonchev–Trinajstić information content (AvgIpc) is 3.81. The van der Waals surface area contributed by atoms with E-state index in [1.54, 1.807) is 0 Å². The van der Waals surface area contributed by atoms with Crippen LogP contribution in [-0.2, 0) is 6.42 Å². The Labute approximate surface area is 315 Å². The van der Waals surface area contributed by atoms with Crippen molar-refractivity contribution in [2.45, 2.75) is 12.8 Å². The van der Waals surface area contributed by atoms with Gasteiger partial charge in [0, 0.05) is 47.8 Å². The molecule has 0 fully saturated rings. The highest BCUT2D eigenvalue weighted by molar-refractivity contribution is 7.25. The molecule has 0 radical (unpaired) electrons. The fourth-order valence-corrected chi connectivity index (χ4v) is 9.04. The standard InChI is InChI=1S/C49H31N3OS/c1-2-9-30(10-3-1)32-17-20-33(21-18-32)47-50-48(37-22-19-31-11-4-5-12-34(31)27-37)52-49(51-47)40-14-8-15-42-46(40)39-25-23-36(29-43(39)53-42)35-24-26-45-41(28-35)38-13-6-7-16-44(38)54-45/h1-22,24,26-29H,23,25H2. The molecule has 3 heterocycles. The number of aromatic nitrogens is 3. The van der Waals surface area contributed by atoms with E-state index in [1.807, 2.05) is 23.5 Å². The summed E-state index contributed by atoms with van der Waals surface area (Å²) in [6.07, 6.45) is 4.03. The van der Waals surface area contributed by atoms with Crippen LogP contribution in [-0.4, -0.2) is 15.0 Å². The van der Waals surface area contributed by atoms with Crippen LogP contribution in [0.4, 0.5) is 0 Å². The van der Waals surface area contributed by atoms with Crippen LogP contribution in [0.2, 0.25) is 0 Å². The van der Waals surface area contributed by atoms with E-state index in [0.717, 1.165) is 57.2 Å². The number of aryl methyl sites for hydroxylation is 1. The van der Waals surface area contributed by atoms with E-state index in [-0.39, 0.29) is 0 Å². The van der Waals surface area contributed by atoms with Crippen LogP contribution in [0.1, 0.15) is 23.3 Å². The van der Waals surface area contributed by atoms with E-state index in [0.29, 0.717) is 17.5 Å². The summed E-state index contributed by atoms with van der Waals surface area (Å²) >= 11 is 1.85. The predicted octanol–water partition coefficient (Wildman–Crippen LogP) is 13.3. The Balaban J connectivity index is 1.04. The van der Waals surface area contributed by atoms with Crippen molar-refractivity contribution in [1.29, 1.82) is 0 Å². The number of fused-ring (bicyclic) bond motifs is 7. The van der Waals surface area contributed by atoms with Gasteiger partial charge in [0.15, 0.2) is 17.5 Å². The Morgan fingerprint density at radius 3 is 2.04 bits per heavy atom. The van der Waals surface area contributed by atoms with Crippen molar-refractivity contribution in [3.05, 3.63) is 175 Å². The molecule has 10 aromatic rings. The summed E-state index contributed by atoms with van der Waals surface area (Å²) in [5.41, 5.74) is 9.74. The molecule has 0 spiro atoms. The Morgan fingerprint density at radius 1 is 0.463 bits per heavy atom. The molecule has 3 aromatic heterocycles. The van der Waals surface area contributed by atoms with Gasteiger partial charge >= 0.3 is 0 Å². The van der Waals surface area contributed by atoms with Gasteiger partial charge in [-0.15, -0.1) is 11.3 Å². The molecule has 0 aliphatic heterocycles. The van der Waals surface area contributed by atoms with Gasteiger partial charge in [0.25, 0.3) is 0 Å². The molecule has 0 atom stereocenters. The molecule has 54 heavy (non-hydrogen) atoms. The largest absolute Gasteiger partial charge is 0.456 e. The van der Waals surface area contributed by atoms with Crippen LogP contribution in [0.5, 0.6) is 0 Å². The zero-order valence-electron chi connectivity index (χ0n) is 29.2. The first-order valence-electron chi connectivity index (χ1n) is 18.3. The van der Waals surface area contributed by atoms with Crippen LogP contribution < -0.4 is 0 Å². The molecule has 7 aromatic carbocycles. The van der Waals surface area contributed by atoms with Crippen molar-refractivity contribution in [3.8, 4) is 45.3 Å². The number of hydrogen-bond acceptors (Lipinski definition) is 5. The minimum atomic E-state index is 0.633. The second kappa shape index (κ2) is 12.5. The summed E-state index contributed by atoms with van der Waals surface area (Å²) in [5, 5.41) is 6.03. The molecule has 0 unspecified atom stereocenters. The Hall–Kier alpha value is -6.69. The van der Waals surface area contributed by atoms with Crippen molar-refractivity contribution in [1.82, 2.24) is 15.0 Å². The predicted molar refractivity (Wildman–Crippen MR) is 224 cm³/mol. The minimum Gasteiger partial charge on any atom is -0.456 e. The van der Waals surface area contributed by atoms with Crippen LogP contribution >= 0.6 is 11.3 Å². The summed E-state index contributed by atoms with van der Waals surface area (Å²) in [4.78, 5) is 15.4. The van der Waals surface area contributed by atoms with Crippen LogP contribution in [0.3, 0.4) is 0 Å². The maximum absolute atomic E-state index is 6.63. The molecule has 5 heteroatoms. The summed E-state index contributed by atoms with van der Waals surface area (Å²) in [7, 11) is 0. The van der Waals surface area contributed by atoms with Crippen molar-refractivity contribution in [2.75, 3.05) is 0 Å². The fraction of sp³-hybridized carbons (Fsp3) is 0.0408. The van der Waals surface area contributed by atoms with Crippen LogP contribution in [0, 0.1) is 0 Å². The second-order valence-electron chi connectivity index (χ2n) is 13.9. The lowest BCUT2D eigenvalue weighted by Gasteiger charge is -2.14. The number of thiophene rings is 1. The van der Waals surface area contributed by atoms with E-state index < -0.39 is 0 Å². The normalized spacial score (nSPS) is 12.8. The molecule has 0 bridgehead atoms. The number of benzene rings is 7. The first-order chi connectivity index (χ1) is 26.7. The summed E-state index contributed by atoms with van der Waals surface area (Å²) in [5.74, 6) is 2.82. The van der Waals surface area contributed by atoms with Gasteiger partial charge in [-0.1, -0.05) is 127 Å². The first kappa shape index (κ1) is 30.9. The molecular formula is C49H31N3OS. The summed E-state index contributed by atoms with van der Waals surface area (Å²) in [6.45, 7) is 0. The third-order valence-electron chi connectivity index (χ3n) is 10.7. The van der Waals surface area contributed by atoms with Gasteiger partial charge in [-0.25, -0.2) is 15.0 Å². The van der Waals surface area contributed by atoms with Gasteiger partial charge in [-0.3, -0.25) is 0 Å². The van der Waals surface area contributed by atoms with Gasteiger partial charge in [0.05, 0.1) is 0 Å². The molecule has 1 aliphatic rings. The molecule has 1 aliphatic carbocycles. The van der Waals surface area contributed by atoms with E-state index in [4.69, 9.17) is 19.4 Å². The lowest BCUT2D eigenvalue weighted by atomic mass is 9.89. The molecule has 0 N–H and O–H groups in total. The van der Waals surface area contributed by atoms with Gasteiger partial charge in [0.1, 0.15) is 11.3 Å². The monoisotopic (exact) mass is 709 g/mol. The van der Waals surface area contributed by atoms with Gasteiger partial charge in [-0.05, 0) is 82.3 Å². The van der Waals surface area contributed by atoms with Crippen molar-refractivity contribution in [3.63, 3.8) is 0 Å². The van der Waals surface area contributed by atoms with Gasteiger partial charge < -0.3 is 4.42 Å². The fourth-order valence-electron chi connectivity index (χ4n) is 7.95. The molecule has 0 saturated heterocycles. The molecule has 254 valence electrons. The molecule has 11 rings (SSSR count). The Morgan fingerprint density at radius 2 is 1.15 bits per heavy atom. The topological polar surface area (TPSA) is 51.8 Å². The quantitative estimate of drug-likeness (QED) is 0.178. The molecule has 0 amide bonds. The number of rotatable bonds is 5. The minimum absolute atomic E-state index is 0.633. The van der Waals surface area contributed by atoms with Crippen LogP contribution in [0.25, 0.3) is 98.9 Å². The zero-order chi connectivity index (χ0) is 35.6. The highest BCUT2D eigenvalue weighted by atomic mass is 32.1. The van der Waals surface area contributed by atoms with E-state index >= 15 is 0 Å². The number of allylic oxidation sites excluding steroid dienone is 1. The zero-order valence-corrected chi connectivity index (χ0v) is 30.0. The smallest absolute Gasteiger partial charge is 0.164 e. The highest BCUT2D eigenvalue weighted by Gasteiger charge is 2.24. The van der Waals surface area contributed by atoms with Gasteiger partial charge in [0.2, 0.25) is 0 Å². The van der Waals surface area contributed by atoms with E-state index in [1.165, 1.54) is 47.8 Å². The van der Waals surface area contributed by atoms with E-state index in [9.17, 15) is 0 Å². The lowest BCUT2D eigenvalue weighted by Crippen LogP contribution is -2.01. The summed E-state index contributed by atoms with van der Waals surface area (Å²) < 4.78 is 9.27. The van der Waals surface area contributed by atoms with E-state index in [2.05, 4.69) is 152 Å². The van der Waals surface area contributed by atoms with Crippen molar-refractivity contribution >= 4 is 64.9 Å². The van der Waals surface area contributed by atoms with Crippen molar-refractivity contribution < 1.29 is 4.42 Å². The maximum atomic E-state index is 6.63. The number of hydrogen-bond donors (Lipinski definition) is 0. The summed E-state index contributed by atoms with van der Waals surface area (Å²) in [6, 6.07) is 55.5. The SMILES string of the molecule is C1=C(c2ccc3sc4ccccc4c3c2)CCc2c1oc1cccc(-c3nc(-c4ccc(-c5ccccc5)cc4)nc(-c4ccc5ccccc5c4)n3)c21. The Bertz CT molecular complexity index is 3100. The van der Waals surface area contributed by atoms with Gasteiger partial charge in [-0.2, -0.15) is 0 Å². The maximum Gasteiger partial charge on any atom is 0.164 e. The number of nitrogens with zero attached hydrogens (tertiary/aromatic N) is 3. The highest BCUT2D eigenvalue weighted by Crippen LogP contribution is 2.42. The molecule has 0 saturated carbocycles. The second-order valence-corrected chi connectivity index (χ2v) is 15.0. The third kappa shape index (κ3) is 5.24. The Kier molecular flexibility index (Phi) is 7.13. The third-order valence-corrected chi connectivity index (χ3v) is 11.8.